The zero-order valence-electron chi connectivity index (χ0n) is 27.5. The van der Waals surface area contributed by atoms with Gasteiger partial charge in [0.05, 0.1) is 27.2 Å². The lowest BCUT2D eigenvalue weighted by Crippen LogP contribution is -2.32. The Morgan fingerprint density at radius 3 is 2.04 bits per heavy atom. The van der Waals surface area contributed by atoms with Gasteiger partial charge in [-0.25, -0.2) is 0 Å². The highest BCUT2D eigenvalue weighted by molar-refractivity contribution is 7.60. The molecule has 256 valence electrons. The molecule has 0 amide bonds. The summed E-state index contributed by atoms with van der Waals surface area (Å²) in [6, 6.07) is 9.04. The van der Waals surface area contributed by atoms with Crippen LogP contribution in [0.25, 0.3) is 0 Å². The molecular weight excluding hydrogens is 658 g/mol. The minimum Gasteiger partial charge on any atom is -0.506 e. The Balaban J connectivity index is 1.55. The maximum Gasteiger partial charge on any atom is 0.356 e. The number of rotatable bonds is 11. The maximum absolute atomic E-state index is 13.7. The molecule has 2 aromatic rings. The van der Waals surface area contributed by atoms with Gasteiger partial charge in [-0.05, 0) is 75.6 Å². The van der Waals surface area contributed by atoms with Crippen molar-refractivity contribution in [3.63, 3.8) is 0 Å². The molecule has 0 aromatic heterocycles. The smallest absolute Gasteiger partial charge is 0.356 e. The summed E-state index contributed by atoms with van der Waals surface area (Å²) in [6.07, 6.45) is 5.03. The average molecular weight is 700 g/mol. The molecule has 6 N–H and O–H groups in total. The third-order valence-electron chi connectivity index (χ3n) is 9.57. The lowest BCUT2D eigenvalue weighted by atomic mass is 9.77. The Bertz CT molecular complexity index is 1960. The number of aliphatic hydroxyl groups is 1. The molecule has 0 saturated heterocycles. The SMILES string of the molecule is CCN1/C(=C/C2=C(O)C(=C\C3=[N+](CCCCCC(=O)O)c4ccc(P(=O)(O)O)cc4C3(C)C)/C2=O)C(C)(C)c2cc(P(=O)(O)O)ccc21. The summed E-state index contributed by atoms with van der Waals surface area (Å²) in [5.74, 6) is -1.47. The van der Waals surface area contributed by atoms with E-state index in [1.165, 1.54) is 24.3 Å². The lowest BCUT2D eigenvalue weighted by molar-refractivity contribution is -0.438. The molecule has 0 spiro atoms. The van der Waals surface area contributed by atoms with Crippen molar-refractivity contribution in [2.75, 3.05) is 18.0 Å². The number of carboxylic acid groups (broad SMARTS) is 1. The Morgan fingerprint density at radius 1 is 0.875 bits per heavy atom. The molecule has 0 unspecified atom stereocenters. The number of likely N-dealkylation sites (N-methyl/N-ethyl adjacent to an activating group) is 1. The summed E-state index contributed by atoms with van der Waals surface area (Å²) in [6.45, 7) is 10.4. The second-order valence-corrected chi connectivity index (χ2v) is 16.6. The van der Waals surface area contributed by atoms with Gasteiger partial charge in [0.25, 0.3) is 0 Å². The number of allylic oxidation sites excluding steroid dienone is 5. The molecule has 0 atom stereocenters. The molecule has 3 aliphatic rings. The number of benzene rings is 2. The molecular formula is C34H41N2O10P2+. The molecule has 0 fully saturated rings. The first-order valence-corrected chi connectivity index (χ1v) is 18.9. The van der Waals surface area contributed by atoms with E-state index < -0.39 is 37.8 Å². The Kier molecular flexibility index (Phi) is 9.18. The zero-order chi connectivity index (χ0) is 35.6. The third-order valence-corrected chi connectivity index (χ3v) is 11.5. The number of aliphatic hydroxyl groups excluding tert-OH is 1. The average Bonchev–Trinajstić information content (AvgIpc) is 3.34. The number of nitrogens with zero attached hydrogens (tertiary/aromatic N) is 2. The largest absolute Gasteiger partial charge is 0.506 e. The predicted molar refractivity (Wildman–Crippen MR) is 182 cm³/mol. The van der Waals surface area contributed by atoms with Crippen molar-refractivity contribution < 1.29 is 53.1 Å². The Hall–Kier alpha value is -3.63. The summed E-state index contributed by atoms with van der Waals surface area (Å²) in [5.41, 5.74) is 2.76. The summed E-state index contributed by atoms with van der Waals surface area (Å²) in [5, 5.41) is 20.1. The number of anilines is 1. The number of ketones is 1. The van der Waals surface area contributed by atoms with Crippen molar-refractivity contribution in [1.82, 2.24) is 0 Å². The van der Waals surface area contributed by atoms with E-state index in [0.29, 0.717) is 60.6 Å². The minimum atomic E-state index is -4.55. The van der Waals surface area contributed by atoms with Gasteiger partial charge in [-0.1, -0.05) is 13.8 Å². The molecule has 5 rings (SSSR count). The topological polar surface area (TPSA) is 196 Å². The highest BCUT2D eigenvalue weighted by atomic mass is 31.2. The summed E-state index contributed by atoms with van der Waals surface area (Å²) < 4.78 is 26.1. The van der Waals surface area contributed by atoms with E-state index in [1.807, 2.05) is 44.1 Å². The number of hydrogen-bond donors (Lipinski definition) is 6. The van der Waals surface area contributed by atoms with Crippen LogP contribution >= 0.6 is 15.2 Å². The van der Waals surface area contributed by atoms with Gasteiger partial charge in [-0.15, -0.1) is 0 Å². The number of hydrogen-bond acceptors (Lipinski definition) is 6. The highest BCUT2D eigenvalue weighted by Crippen LogP contribution is 2.50. The maximum atomic E-state index is 13.7. The van der Waals surface area contributed by atoms with Gasteiger partial charge < -0.3 is 34.7 Å². The third kappa shape index (κ3) is 6.17. The van der Waals surface area contributed by atoms with Gasteiger partial charge in [0.15, 0.2) is 5.71 Å². The summed E-state index contributed by atoms with van der Waals surface area (Å²) >= 11 is 0. The van der Waals surface area contributed by atoms with Crippen molar-refractivity contribution in [3.8, 4) is 0 Å². The molecule has 2 aliphatic heterocycles. The van der Waals surface area contributed by atoms with Gasteiger partial charge >= 0.3 is 21.2 Å². The van der Waals surface area contributed by atoms with Crippen LogP contribution in [0.4, 0.5) is 11.4 Å². The number of carbonyl (C=O) groups excluding carboxylic acids is 1. The van der Waals surface area contributed by atoms with E-state index >= 15 is 0 Å². The van der Waals surface area contributed by atoms with Crippen molar-refractivity contribution in [3.05, 3.63) is 82.3 Å². The zero-order valence-corrected chi connectivity index (χ0v) is 29.3. The normalized spacial score (nSPS) is 20.1. The number of carbonyl (C=O) groups is 2. The van der Waals surface area contributed by atoms with Crippen LogP contribution < -0.4 is 15.5 Å². The van der Waals surface area contributed by atoms with Crippen LogP contribution in [0.15, 0.2) is 71.2 Å². The number of unbranched alkanes of at least 4 members (excludes halogenated alkanes) is 2. The van der Waals surface area contributed by atoms with Crippen molar-refractivity contribution in [2.24, 2.45) is 0 Å². The number of carboxylic acids is 1. The van der Waals surface area contributed by atoms with E-state index in [2.05, 4.69) is 0 Å². The van der Waals surface area contributed by atoms with Gasteiger partial charge in [-0.3, -0.25) is 18.7 Å². The summed E-state index contributed by atoms with van der Waals surface area (Å²) in [7, 11) is -9.05. The Morgan fingerprint density at radius 2 is 1.48 bits per heavy atom. The van der Waals surface area contributed by atoms with E-state index in [4.69, 9.17) is 5.11 Å². The first-order valence-electron chi connectivity index (χ1n) is 15.7. The first kappa shape index (κ1) is 35.7. The molecule has 14 heteroatoms. The monoisotopic (exact) mass is 699 g/mol. The van der Waals surface area contributed by atoms with Crippen LogP contribution in [0, 0.1) is 0 Å². The van der Waals surface area contributed by atoms with Crippen LogP contribution in [0.5, 0.6) is 0 Å². The van der Waals surface area contributed by atoms with Gasteiger partial charge in [0.2, 0.25) is 11.5 Å². The lowest BCUT2D eigenvalue weighted by Gasteiger charge is -2.28. The van der Waals surface area contributed by atoms with Crippen LogP contribution in [0.1, 0.15) is 71.4 Å². The second-order valence-electron chi connectivity index (χ2n) is 13.4. The standard InChI is InChI=1S/C34H40N2O10P2/c1-6-35-26-13-11-20(47(41,42)43)16-24(26)33(2,3)28(35)18-22-31(39)23(32(22)40)19-29-34(4,5)25-17-21(48(44,45)46)12-14-27(25)36(29)15-9-7-8-10-30(37)38/h11-14,16-19H,6-10,15H2,1-5H3,(H5-,37,38,39,40,41,42,43,44,45,46)/p+1. The molecule has 2 heterocycles. The summed E-state index contributed by atoms with van der Waals surface area (Å²) in [4.78, 5) is 65.9. The predicted octanol–water partition coefficient (Wildman–Crippen LogP) is 4.34. The van der Waals surface area contributed by atoms with Gasteiger partial charge in [-0.2, -0.15) is 4.58 Å². The quantitative estimate of drug-likeness (QED) is 0.0845. The first-order chi connectivity index (χ1) is 22.2. The van der Waals surface area contributed by atoms with Crippen LogP contribution in [-0.4, -0.2) is 64.9 Å². The van der Waals surface area contributed by atoms with Crippen molar-refractivity contribution >= 4 is 54.6 Å². The molecule has 2 aromatic carbocycles. The highest BCUT2D eigenvalue weighted by Gasteiger charge is 2.48. The van der Waals surface area contributed by atoms with Crippen LogP contribution in [-0.2, 0) is 29.5 Å². The molecule has 0 radical (unpaired) electrons. The van der Waals surface area contributed by atoms with Crippen molar-refractivity contribution in [2.45, 2.75) is 71.1 Å². The van der Waals surface area contributed by atoms with E-state index in [-0.39, 0.29) is 33.9 Å². The number of fused-ring (bicyclic) bond motifs is 2. The second kappa shape index (κ2) is 12.4. The number of Topliss-reactive ketones (excluding diaryl/α,β-unsaturated/α-hetero) is 1. The van der Waals surface area contributed by atoms with Crippen molar-refractivity contribution in [1.29, 1.82) is 0 Å². The fourth-order valence-corrected chi connectivity index (χ4v) is 8.03. The van der Waals surface area contributed by atoms with Gasteiger partial charge in [0.1, 0.15) is 12.3 Å². The van der Waals surface area contributed by atoms with Gasteiger partial charge in [0, 0.05) is 53.9 Å². The van der Waals surface area contributed by atoms with E-state index in [9.17, 15) is 43.4 Å². The van der Waals surface area contributed by atoms with Crippen LogP contribution in [0.2, 0.25) is 0 Å². The fourth-order valence-electron chi connectivity index (χ4n) is 6.90. The Labute approximate surface area is 278 Å². The molecule has 12 nitrogen and oxygen atoms in total. The van der Waals surface area contributed by atoms with E-state index in [1.54, 1.807) is 24.3 Å². The molecule has 1 aliphatic carbocycles. The molecule has 0 bridgehead atoms. The van der Waals surface area contributed by atoms with E-state index in [0.717, 1.165) is 5.69 Å². The van der Waals surface area contributed by atoms with Crippen LogP contribution in [0.3, 0.4) is 0 Å². The molecule has 0 saturated carbocycles. The number of aliphatic carboxylic acids is 1. The minimum absolute atomic E-state index is 0.0436. The fraction of sp³-hybridized carbons (Fsp3) is 0.382. The molecule has 48 heavy (non-hydrogen) atoms.